The summed E-state index contributed by atoms with van der Waals surface area (Å²) in [6.45, 7) is 3.48. The Morgan fingerprint density at radius 2 is 1.95 bits per heavy atom. The lowest BCUT2D eigenvalue weighted by Gasteiger charge is -2.12. The maximum atomic E-state index is 12.0. The zero-order chi connectivity index (χ0) is 15.6. The minimum absolute atomic E-state index is 0.00488. The van der Waals surface area contributed by atoms with Gasteiger partial charge in [0.15, 0.2) is 0 Å². The van der Waals surface area contributed by atoms with Gasteiger partial charge >= 0.3 is 5.97 Å². The van der Waals surface area contributed by atoms with Gasteiger partial charge in [-0.05, 0) is 37.1 Å². The Morgan fingerprint density at radius 1 is 1.24 bits per heavy atom. The third-order valence-electron chi connectivity index (χ3n) is 2.86. The van der Waals surface area contributed by atoms with Crippen LogP contribution in [0.1, 0.15) is 32.0 Å². The second-order valence-electron chi connectivity index (χ2n) is 4.57. The zero-order valence-electron chi connectivity index (χ0n) is 11.4. The fraction of sp³-hybridized carbons (Fsp3) is 0.143. The number of rotatable bonds is 3. The predicted molar refractivity (Wildman–Crippen MR) is 75.7 cm³/mol. The van der Waals surface area contributed by atoms with E-state index in [1.54, 1.807) is 19.9 Å². The second-order valence-corrected chi connectivity index (χ2v) is 4.57. The van der Waals surface area contributed by atoms with E-state index in [1.807, 2.05) is 0 Å². The lowest BCUT2D eigenvalue weighted by molar-refractivity contribution is 0.0698. The number of aryl methyl sites for hydroxylation is 2. The van der Waals surface area contributed by atoms with Crippen LogP contribution in [-0.4, -0.2) is 27.2 Å². The van der Waals surface area contributed by atoms with Crippen molar-refractivity contribution in [3.05, 3.63) is 57.0 Å². The van der Waals surface area contributed by atoms with Crippen molar-refractivity contribution in [2.24, 2.45) is 0 Å². The Bertz CT molecular complexity index is 760. The number of benzene rings is 1. The summed E-state index contributed by atoms with van der Waals surface area (Å²) in [6, 6.07) is 5.67. The quantitative estimate of drug-likeness (QED) is 0.788. The SMILES string of the molecule is Cc1cc(C)c(NC(=O)c2ccc(=O)[nH]n2)c(C(=O)O)c1. The lowest BCUT2D eigenvalue weighted by atomic mass is 10.0. The van der Waals surface area contributed by atoms with Gasteiger partial charge in [-0.3, -0.25) is 9.59 Å². The van der Waals surface area contributed by atoms with E-state index in [9.17, 15) is 19.5 Å². The molecule has 1 aromatic heterocycles. The van der Waals surface area contributed by atoms with Crippen molar-refractivity contribution in [1.29, 1.82) is 0 Å². The van der Waals surface area contributed by atoms with Crippen LogP contribution in [0.2, 0.25) is 0 Å². The normalized spacial score (nSPS) is 10.2. The topological polar surface area (TPSA) is 112 Å². The molecule has 1 heterocycles. The Balaban J connectivity index is 2.39. The Labute approximate surface area is 119 Å². The zero-order valence-corrected chi connectivity index (χ0v) is 11.4. The number of aromatic carboxylic acids is 1. The molecule has 1 aromatic carbocycles. The maximum absolute atomic E-state index is 12.0. The van der Waals surface area contributed by atoms with Crippen LogP contribution in [0, 0.1) is 13.8 Å². The molecule has 0 bridgehead atoms. The molecular weight excluding hydrogens is 274 g/mol. The minimum atomic E-state index is -1.13. The fourth-order valence-corrected chi connectivity index (χ4v) is 1.95. The molecule has 1 amide bonds. The van der Waals surface area contributed by atoms with Gasteiger partial charge in [0, 0.05) is 6.07 Å². The summed E-state index contributed by atoms with van der Waals surface area (Å²) in [6.07, 6.45) is 0. The van der Waals surface area contributed by atoms with Gasteiger partial charge in [0.1, 0.15) is 5.69 Å². The summed E-state index contributed by atoms with van der Waals surface area (Å²) >= 11 is 0. The summed E-state index contributed by atoms with van der Waals surface area (Å²) in [5.74, 6) is -1.73. The van der Waals surface area contributed by atoms with Gasteiger partial charge < -0.3 is 10.4 Å². The van der Waals surface area contributed by atoms with E-state index in [0.717, 1.165) is 5.56 Å². The third kappa shape index (κ3) is 3.14. The molecule has 0 aliphatic heterocycles. The molecular formula is C14H13N3O4. The van der Waals surface area contributed by atoms with Gasteiger partial charge in [0.05, 0.1) is 11.3 Å². The first kappa shape index (κ1) is 14.4. The first-order valence-corrected chi connectivity index (χ1v) is 6.10. The number of carbonyl (C=O) groups is 2. The van der Waals surface area contributed by atoms with Crippen molar-refractivity contribution in [3.8, 4) is 0 Å². The van der Waals surface area contributed by atoms with E-state index >= 15 is 0 Å². The van der Waals surface area contributed by atoms with E-state index < -0.39 is 17.4 Å². The van der Waals surface area contributed by atoms with Crippen molar-refractivity contribution in [2.45, 2.75) is 13.8 Å². The molecule has 0 aliphatic rings. The summed E-state index contributed by atoms with van der Waals surface area (Å²) in [5.41, 5.74) is 1.20. The average Bonchev–Trinajstić information content (AvgIpc) is 2.41. The molecule has 3 N–H and O–H groups in total. The summed E-state index contributed by atoms with van der Waals surface area (Å²) in [5, 5.41) is 17.5. The highest BCUT2D eigenvalue weighted by molar-refractivity contribution is 6.07. The van der Waals surface area contributed by atoms with E-state index in [-0.39, 0.29) is 16.9 Å². The molecule has 2 aromatic rings. The molecule has 7 heteroatoms. The number of amides is 1. The van der Waals surface area contributed by atoms with Gasteiger partial charge in [-0.1, -0.05) is 6.07 Å². The standard InChI is InChI=1S/C14H13N3O4/c1-7-5-8(2)12(9(6-7)14(20)21)15-13(19)10-3-4-11(18)17-16-10/h3-6H,1-2H3,(H,15,19)(H,17,18)(H,20,21). The number of carboxylic acid groups (broad SMARTS) is 1. The number of hydrogen-bond donors (Lipinski definition) is 3. The second kappa shape index (κ2) is 5.58. The molecule has 108 valence electrons. The van der Waals surface area contributed by atoms with Crippen LogP contribution in [-0.2, 0) is 0 Å². The largest absolute Gasteiger partial charge is 0.478 e. The van der Waals surface area contributed by atoms with Gasteiger partial charge in [-0.2, -0.15) is 5.10 Å². The molecule has 7 nitrogen and oxygen atoms in total. The average molecular weight is 287 g/mol. The van der Waals surface area contributed by atoms with Crippen LogP contribution in [0.25, 0.3) is 0 Å². The van der Waals surface area contributed by atoms with Gasteiger partial charge in [0.2, 0.25) is 0 Å². The molecule has 0 atom stereocenters. The van der Waals surface area contributed by atoms with E-state index in [4.69, 9.17) is 0 Å². The highest BCUT2D eigenvalue weighted by Crippen LogP contribution is 2.23. The number of nitrogens with one attached hydrogen (secondary N) is 2. The number of aromatic nitrogens is 2. The molecule has 2 rings (SSSR count). The molecule has 0 saturated carbocycles. The summed E-state index contributed by atoms with van der Waals surface area (Å²) in [4.78, 5) is 34.2. The number of carbonyl (C=O) groups excluding carboxylic acids is 1. The number of anilines is 1. The molecule has 0 radical (unpaired) electrons. The smallest absolute Gasteiger partial charge is 0.337 e. The number of hydrogen-bond acceptors (Lipinski definition) is 4. The lowest BCUT2D eigenvalue weighted by Crippen LogP contribution is -2.19. The van der Waals surface area contributed by atoms with Gasteiger partial charge in [0.25, 0.3) is 11.5 Å². The molecule has 0 aliphatic carbocycles. The maximum Gasteiger partial charge on any atom is 0.337 e. The molecule has 0 unspecified atom stereocenters. The fourth-order valence-electron chi connectivity index (χ4n) is 1.95. The number of carboxylic acids is 1. The van der Waals surface area contributed by atoms with Crippen LogP contribution in [0.4, 0.5) is 5.69 Å². The predicted octanol–water partition coefficient (Wildman–Crippen LogP) is 1.34. The van der Waals surface area contributed by atoms with Crippen molar-refractivity contribution >= 4 is 17.6 Å². The number of aromatic amines is 1. The van der Waals surface area contributed by atoms with Crippen LogP contribution >= 0.6 is 0 Å². The Kier molecular flexibility index (Phi) is 3.84. The highest BCUT2D eigenvalue weighted by atomic mass is 16.4. The summed E-state index contributed by atoms with van der Waals surface area (Å²) < 4.78 is 0. The third-order valence-corrected chi connectivity index (χ3v) is 2.86. The van der Waals surface area contributed by atoms with Gasteiger partial charge in [-0.25, -0.2) is 9.89 Å². The van der Waals surface area contributed by atoms with Crippen molar-refractivity contribution in [3.63, 3.8) is 0 Å². The van der Waals surface area contributed by atoms with Gasteiger partial charge in [-0.15, -0.1) is 0 Å². The first-order valence-electron chi connectivity index (χ1n) is 6.10. The monoisotopic (exact) mass is 287 g/mol. The Hall–Kier alpha value is -2.96. The number of nitrogens with zero attached hydrogens (tertiary/aromatic N) is 1. The molecule has 21 heavy (non-hydrogen) atoms. The Morgan fingerprint density at radius 3 is 2.52 bits per heavy atom. The van der Waals surface area contributed by atoms with E-state index in [0.29, 0.717) is 5.56 Å². The van der Waals surface area contributed by atoms with E-state index in [1.165, 1.54) is 18.2 Å². The van der Waals surface area contributed by atoms with Crippen molar-refractivity contribution in [1.82, 2.24) is 10.2 Å². The van der Waals surface area contributed by atoms with Crippen molar-refractivity contribution < 1.29 is 14.7 Å². The molecule has 0 spiro atoms. The van der Waals surface area contributed by atoms with Crippen LogP contribution in [0.3, 0.4) is 0 Å². The summed E-state index contributed by atoms with van der Waals surface area (Å²) in [7, 11) is 0. The first-order chi connectivity index (χ1) is 9.88. The van der Waals surface area contributed by atoms with Crippen LogP contribution in [0.5, 0.6) is 0 Å². The number of H-pyrrole nitrogens is 1. The molecule has 0 saturated heterocycles. The van der Waals surface area contributed by atoms with E-state index in [2.05, 4.69) is 15.5 Å². The van der Waals surface area contributed by atoms with Crippen LogP contribution < -0.4 is 10.9 Å². The highest BCUT2D eigenvalue weighted by Gasteiger charge is 2.17. The van der Waals surface area contributed by atoms with Crippen molar-refractivity contribution in [2.75, 3.05) is 5.32 Å². The molecule has 0 fully saturated rings. The minimum Gasteiger partial charge on any atom is -0.478 e. The van der Waals surface area contributed by atoms with Crippen LogP contribution in [0.15, 0.2) is 29.1 Å².